The SMILES string of the molecule is CC(CC(=O)Nc1sccc1C#N)(C(=O)O)c1ccccc1. The molecule has 0 radical (unpaired) electrons. The van der Waals surface area contributed by atoms with Crippen molar-refractivity contribution in [2.24, 2.45) is 0 Å². The number of rotatable bonds is 5. The monoisotopic (exact) mass is 314 g/mol. The number of aliphatic carboxylic acids is 1. The molecule has 22 heavy (non-hydrogen) atoms. The predicted molar refractivity (Wildman–Crippen MR) is 83.7 cm³/mol. The molecular formula is C16H14N2O3S. The van der Waals surface area contributed by atoms with Crippen LogP contribution in [0.4, 0.5) is 5.00 Å². The molecule has 0 saturated heterocycles. The Morgan fingerprint density at radius 2 is 2.00 bits per heavy atom. The molecule has 5 nitrogen and oxygen atoms in total. The zero-order chi connectivity index (χ0) is 16.2. The van der Waals surface area contributed by atoms with E-state index in [9.17, 15) is 14.7 Å². The van der Waals surface area contributed by atoms with Crippen molar-refractivity contribution in [2.75, 3.05) is 5.32 Å². The third kappa shape index (κ3) is 3.15. The summed E-state index contributed by atoms with van der Waals surface area (Å²) in [6.07, 6.45) is -0.213. The lowest BCUT2D eigenvalue weighted by molar-refractivity contribution is -0.145. The van der Waals surface area contributed by atoms with E-state index in [0.29, 0.717) is 16.1 Å². The minimum Gasteiger partial charge on any atom is -0.481 e. The number of hydrogen-bond donors (Lipinski definition) is 2. The Morgan fingerprint density at radius 3 is 2.59 bits per heavy atom. The van der Waals surface area contributed by atoms with Crippen LogP contribution < -0.4 is 5.32 Å². The molecule has 0 saturated carbocycles. The van der Waals surface area contributed by atoms with Crippen molar-refractivity contribution in [2.45, 2.75) is 18.8 Å². The van der Waals surface area contributed by atoms with Gasteiger partial charge in [0.25, 0.3) is 0 Å². The number of hydrogen-bond acceptors (Lipinski definition) is 4. The van der Waals surface area contributed by atoms with Gasteiger partial charge in [0.2, 0.25) is 5.91 Å². The number of carbonyl (C=O) groups excluding carboxylic acids is 1. The second kappa shape index (κ2) is 6.41. The average Bonchev–Trinajstić information content (AvgIpc) is 2.94. The third-order valence-electron chi connectivity index (χ3n) is 3.44. The minimum absolute atomic E-state index is 0.213. The van der Waals surface area contributed by atoms with Crippen LogP contribution in [0.15, 0.2) is 41.8 Å². The number of carboxylic acid groups (broad SMARTS) is 1. The first-order chi connectivity index (χ1) is 10.5. The van der Waals surface area contributed by atoms with Gasteiger partial charge in [-0.15, -0.1) is 11.3 Å². The van der Waals surface area contributed by atoms with Gasteiger partial charge in [0.05, 0.1) is 11.0 Å². The first-order valence-corrected chi connectivity index (χ1v) is 7.41. The maximum absolute atomic E-state index is 12.2. The van der Waals surface area contributed by atoms with E-state index in [1.807, 2.05) is 6.07 Å². The lowest BCUT2D eigenvalue weighted by Gasteiger charge is -2.24. The van der Waals surface area contributed by atoms with Crippen molar-refractivity contribution in [3.8, 4) is 6.07 Å². The Kier molecular flexibility index (Phi) is 4.59. The van der Waals surface area contributed by atoms with Crippen LogP contribution in [0.1, 0.15) is 24.5 Å². The van der Waals surface area contributed by atoms with Gasteiger partial charge in [0, 0.05) is 6.42 Å². The summed E-state index contributed by atoms with van der Waals surface area (Å²) in [5, 5.41) is 23.2. The Balaban J connectivity index is 2.21. The number of nitrogens with zero attached hydrogens (tertiary/aromatic N) is 1. The normalized spacial score (nSPS) is 12.9. The standard InChI is InChI=1S/C16H14N2O3S/c1-16(15(20)21,12-5-3-2-4-6-12)9-13(19)18-14-11(10-17)7-8-22-14/h2-8H,9H2,1H3,(H,18,19)(H,20,21). The van der Waals surface area contributed by atoms with Crippen LogP contribution in [0, 0.1) is 11.3 Å². The smallest absolute Gasteiger partial charge is 0.314 e. The van der Waals surface area contributed by atoms with Crippen molar-refractivity contribution in [3.63, 3.8) is 0 Å². The summed E-state index contributed by atoms with van der Waals surface area (Å²) in [5.74, 6) is -1.51. The first kappa shape index (κ1) is 15.7. The Labute approximate surface area is 131 Å². The van der Waals surface area contributed by atoms with Gasteiger partial charge in [-0.1, -0.05) is 30.3 Å². The maximum atomic E-state index is 12.2. The molecule has 0 fully saturated rings. The molecule has 1 unspecified atom stereocenters. The van der Waals surface area contributed by atoms with Crippen molar-refractivity contribution < 1.29 is 14.7 Å². The minimum atomic E-state index is -1.32. The van der Waals surface area contributed by atoms with Crippen molar-refractivity contribution in [3.05, 3.63) is 52.9 Å². The van der Waals surface area contributed by atoms with Crippen LogP contribution in [-0.2, 0) is 15.0 Å². The number of amides is 1. The molecule has 1 atom stereocenters. The zero-order valence-corrected chi connectivity index (χ0v) is 12.7. The van der Waals surface area contributed by atoms with E-state index in [2.05, 4.69) is 5.32 Å². The molecule has 2 aromatic rings. The van der Waals surface area contributed by atoms with E-state index in [1.165, 1.54) is 18.3 Å². The summed E-state index contributed by atoms with van der Waals surface area (Å²) in [5.41, 5.74) is -0.394. The topological polar surface area (TPSA) is 90.2 Å². The number of nitrogens with one attached hydrogen (secondary N) is 1. The van der Waals surface area contributed by atoms with Gasteiger partial charge >= 0.3 is 5.97 Å². The molecule has 1 aromatic heterocycles. The lowest BCUT2D eigenvalue weighted by atomic mass is 9.79. The third-order valence-corrected chi connectivity index (χ3v) is 4.27. The second-order valence-corrected chi connectivity index (χ2v) is 5.92. The molecule has 0 aliphatic heterocycles. The fourth-order valence-electron chi connectivity index (χ4n) is 2.09. The molecule has 6 heteroatoms. The van der Waals surface area contributed by atoms with Gasteiger partial charge in [-0.2, -0.15) is 5.26 Å². The highest BCUT2D eigenvalue weighted by Gasteiger charge is 2.37. The number of benzene rings is 1. The fourth-order valence-corrected chi connectivity index (χ4v) is 2.85. The highest BCUT2D eigenvalue weighted by Crippen LogP contribution is 2.29. The summed E-state index contributed by atoms with van der Waals surface area (Å²) in [7, 11) is 0. The number of anilines is 1. The molecule has 1 heterocycles. The Hall–Kier alpha value is -2.65. The van der Waals surface area contributed by atoms with E-state index in [4.69, 9.17) is 5.26 Å². The van der Waals surface area contributed by atoms with E-state index in [1.54, 1.807) is 41.8 Å². The maximum Gasteiger partial charge on any atom is 0.314 e. The predicted octanol–water partition coefficient (Wildman–Crippen LogP) is 2.99. The zero-order valence-electron chi connectivity index (χ0n) is 11.9. The van der Waals surface area contributed by atoms with Crippen LogP contribution in [0.3, 0.4) is 0 Å². The van der Waals surface area contributed by atoms with Crippen LogP contribution in [-0.4, -0.2) is 17.0 Å². The summed E-state index contributed by atoms with van der Waals surface area (Å²) >= 11 is 1.23. The van der Waals surface area contributed by atoms with E-state index in [0.717, 1.165) is 0 Å². The molecule has 112 valence electrons. The van der Waals surface area contributed by atoms with Crippen LogP contribution in [0.2, 0.25) is 0 Å². The molecule has 0 aliphatic rings. The molecule has 2 N–H and O–H groups in total. The van der Waals surface area contributed by atoms with Crippen LogP contribution >= 0.6 is 11.3 Å². The number of carboxylic acids is 1. The summed E-state index contributed by atoms with van der Waals surface area (Å²) in [6, 6.07) is 12.2. The van der Waals surface area contributed by atoms with Crippen molar-refractivity contribution >= 4 is 28.2 Å². The number of carbonyl (C=O) groups is 2. The van der Waals surface area contributed by atoms with Gasteiger partial charge in [-0.3, -0.25) is 9.59 Å². The van der Waals surface area contributed by atoms with Crippen LogP contribution in [0.5, 0.6) is 0 Å². The highest BCUT2D eigenvalue weighted by atomic mass is 32.1. The molecule has 1 amide bonds. The summed E-state index contributed by atoms with van der Waals surface area (Å²) in [6.45, 7) is 1.52. The quantitative estimate of drug-likeness (QED) is 0.887. The molecule has 1 aromatic carbocycles. The molecular weight excluding hydrogens is 300 g/mol. The molecule has 2 rings (SSSR count). The number of thiophene rings is 1. The second-order valence-electron chi connectivity index (χ2n) is 5.00. The van der Waals surface area contributed by atoms with Gasteiger partial charge < -0.3 is 10.4 Å². The van der Waals surface area contributed by atoms with E-state index >= 15 is 0 Å². The van der Waals surface area contributed by atoms with Gasteiger partial charge in [-0.05, 0) is 23.9 Å². The number of nitriles is 1. The summed E-state index contributed by atoms with van der Waals surface area (Å²) in [4.78, 5) is 23.8. The molecule has 0 bridgehead atoms. The van der Waals surface area contributed by atoms with Gasteiger partial charge in [-0.25, -0.2) is 0 Å². The van der Waals surface area contributed by atoms with Crippen molar-refractivity contribution in [1.82, 2.24) is 0 Å². The molecule has 0 spiro atoms. The fraction of sp³-hybridized carbons (Fsp3) is 0.188. The Morgan fingerprint density at radius 1 is 1.32 bits per heavy atom. The van der Waals surface area contributed by atoms with E-state index < -0.39 is 17.3 Å². The summed E-state index contributed by atoms with van der Waals surface area (Å²) < 4.78 is 0. The first-order valence-electron chi connectivity index (χ1n) is 6.54. The highest BCUT2D eigenvalue weighted by molar-refractivity contribution is 7.14. The van der Waals surface area contributed by atoms with E-state index in [-0.39, 0.29) is 6.42 Å². The van der Waals surface area contributed by atoms with Crippen molar-refractivity contribution in [1.29, 1.82) is 5.26 Å². The van der Waals surface area contributed by atoms with Crippen LogP contribution in [0.25, 0.3) is 0 Å². The average molecular weight is 314 g/mol. The largest absolute Gasteiger partial charge is 0.481 e. The molecule has 0 aliphatic carbocycles. The lowest BCUT2D eigenvalue weighted by Crippen LogP contribution is -2.36. The Bertz CT molecular complexity index is 733. The van der Waals surface area contributed by atoms with Gasteiger partial charge in [0.15, 0.2) is 0 Å². The van der Waals surface area contributed by atoms with Gasteiger partial charge in [0.1, 0.15) is 11.1 Å².